The molecule has 1 fully saturated rings. The molecule has 106 valence electrons. The fourth-order valence-electron chi connectivity index (χ4n) is 2.62. The molecule has 20 heavy (non-hydrogen) atoms. The molecule has 0 amide bonds. The van der Waals surface area contributed by atoms with Crippen molar-refractivity contribution in [2.45, 2.75) is 24.6 Å². The molecule has 0 aliphatic carbocycles. The second-order valence-electron chi connectivity index (χ2n) is 5.04. The van der Waals surface area contributed by atoms with E-state index in [0.717, 1.165) is 5.52 Å². The molecule has 3 rings (SSSR count). The molecule has 1 atom stereocenters. The fourth-order valence-corrected chi connectivity index (χ4v) is 4.44. The average molecular weight is 294 g/mol. The van der Waals surface area contributed by atoms with Crippen LogP contribution in [0.25, 0.3) is 11.0 Å². The van der Waals surface area contributed by atoms with Gasteiger partial charge in [-0.15, -0.1) is 0 Å². The minimum absolute atomic E-state index is 0.177. The Kier molecular flexibility index (Phi) is 3.01. The maximum Gasteiger partial charge on any atom is 0.335 e. The van der Waals surface area contributed by atoms with Crippen LogP contribution in [-0.2, 0) is 16.4 Å². The number of carbonyl (C=O) groups is 1. The number of aromatic carboxylic acids is 1. The Balaban J connectivity index is 1.95. The zero-order valence-electron chi connectivity index (χ0n) is 10.7. The Hall–Kier alpha value is -1.89. The smallest absolute Gasteiger partial charge is 0.335 e. The summed E-state index contributed by atoms with van der Waals surface area (Å²) in [7, 11) is -3.00. The number of fused-ring (bicyclic) bond motifs is 1. The molecule has 1 saturated heterocycles. The van der Waals surface area contributed by atoms with Gasteiger partial charge in [0, 0.05) is 6.54 Å². The largest absolute Gasteiger partial charge is 0.478 e. The zero-order chi connectivity index (χ0) is 14.3. The van der Waals surface area contributed by atoms with Crippen molar-refractivity contribution < 1.29 is 18.3 Å². The van der Waals surface area contributed by atoms with Gasteiger partial charge in [0.05, 0.1) is 33.9 Å². The summed E-state index contributed by atoms with van der Waals surface area (Å²) in [5.74, 6) is -0.743. The number of aromatic nitrogens is 2. The van der Waals surface area contributed by atoms with E-state index in [0.29, 0.717) is 24.9 Å². The van der Waals surface area contributed by atoms with Crippen LogP contribution in [-0.4, -0.2) is 40.0 Å². The lowest BCUT2D eigenvalue weighted by Crippen LogP contribution is -2.21. The molecule has 1 aliphatic rings. The molecule has 2 aromatic rings. The molecular formula is C13H14N2O4S. The number of hydrogen-bond acceptors (Lipinski definition) is 4. The molecule has 1 aromatic carbocycles. The van der Waals surface area contributed by atoms with E-state index in [1.54, 1.807) is 17.0 Å². The Labute approximate surface area is 116 Å². The maximum absolute atomic E-state index is 11.9. The molecule has 1 unspecified atom stereocenters. The van der Waals surface area contributed by atoms with Gasteiger partial charge in [0.15, 0.2) is 9.84 Å². The third-order valence-electron chi connectivity index (χ3n) is 3.73. The molecule has 1 N–H and O–H groups in total. The van der Waals surface area contributed by atoms with E-state index in [1.165, 1.54) is 12.1 Å². The highest BCUT2D eigenvalue weighted by atomic mass is 32.2. The van der Waals surface area contributed by atoms with Gasteiger partial charge in [0.25, 0.3) is 0 Å². The van der Waals surface area contributed by atoms with E-state index in [-0.39, 0.29) is 16.6 Å². The van der Waals surface area contributed by atoms with Crippen molar-refractivity contribution >= 4 is 26.8 Å². The summed E-state index contributed by atoms with van der Waals surface area (Å²) in [5.41, 5.74) is 1.51. The quantitative estimate of drug-likeness (QED) is 0.922. The third kappa shape index (κ3) is 2.18. The van der Waals surface area contributed by atoms with E-state index in [4.69, 9.17) is 5.11 Å². The van der Waals surface area contributed by atoms with Crippen LogP contribution in [0.4, 0.5) is 0 Å². The topological polar surface area (TPSA) is 89.3 Å². The van der Waals surface area contributed by atoms with Gasteiger partial charge in [-0.25, -0.2) is 18.2 Å². The second kappa shape index (κ2) is 4.59. The highest BCUT2D eigenvalue weighted by molar-refractivity contribution is 7.92. The Morgan fingerprint density at radius 2 is 2.25 bits per heavy atom. The number of carboxylic acid groups (broad SMARTS) is 1. The van der Waals surface area contributed by atoms with Crippen molar-refractivity contribution in [1.82, 2.24) is 9.55 Å². The van der Waals surface area contributed by atoms with E-state index in [9.17, 15) is 13.2 Å². The molecule has 0 spiro atoms. The van der Waals surface area contributed by atoms with Crippen molar-refractivity contribution in [1.29, 1.82) is 0 Å². The number of hydrogen-bond donors (Lipinski definition) is 1. The van der Waals surface area contributed by atoms with Gasteiger partial charge in [-0.05, 0) is 31.0 Å². The summed E-state index contributed by atoms with van der Waals surface area (Å²) in [6, 6.07) is 4.68. The molecule has 0 saturated carbocycles. The Morgan fingerprint density at radius 3 is 2.90 bits per heavy atom. The van der Waals surface area contributed by atoms with Crippen LogP contribution in [0, 0.1) is 0 Å². The van der Waals surface area contributed by atoms with Crippen LogP contribution in [0.3, 0.4) is 0 Å². The lowest BCUT2D eigenvalue weighted by atomic mass is 10.2. The number of sulfone groups is 1. The molecule has 1 aromatic heterocycles. The third-order valence-corrected chi connectivity index (χ3v) is 5.99. The monoisotopic (exact) mass is 294 g/mol. The molecule has 6 nitrogen and oxygen atoms in total. The highest BCUT2D eigenvalue weighted by Gasteiger charge is 2.31. The van der Waals surface area contributed by atoms with Crippen molar-refractivity contribution in [2.75, 3.05) is 5.75 Å². The van der Waals surface area contributed by atoms with E-state index in [1.807, 2.05) is 0 Å². The number of carboxylic acids is 1. The van der Waals surface area contributed by atoms with Gasteiger partial charge in [-0.1, -0.05) is 0 Å². The first-order valence-corrected chi connectivity index (χ1v) is 8.09. The highest BCUT2D eigenvalue weighted by Crippen LogP contribution is 2.23. The van der Waals surface area contributed by atoms with Crippen molar-refractivity contribution in [2.24, 2.45) is 0 Å². The van der Waals surface area contributed by atoms with E-state index >= 15 is 0 Å². The lowest BCUT2D eigenvalue weighted by molar-refractivity contribution is 0.0697. The summed E-state index contributed by atoms with van der Waals surface area (Å²) in [6.07, 6.45) is 2.96. The van der Waals surface area contributed by atoms with Gasteiger partial charge in [0.2, 0.25) is 0 Å². The second-order valence-corrected chi connectivity index (χ2v) is 7.44. The minimum atomic E-state index is -3.00. The van der Waals surface area contributed by atoms with Gasteiger partial charge in [-0.2, -0.15) is 0 Å². The molecule has 1 aliphatic heterocycles. The summed E-state index contributed by atoms with van der Waals surface area (Å²) in [4.78, 5) is 15.1. The first kappa shape index (κ1) is 13.1. The van der Waals surface area contributed by atoms with Crippen molar-refractivity contribution in [3.63, 3.8) is 0 Å². The number of rotatable bonds is 3. The molecular weight excluding hydrogens is 280 g/mol. The van der Waals surface area contributed by atoms with Gasteiger partial charge in [-0.3, -0.25) is 0 Å². The van der Waals surface area contributed by atoms with Gasteiger partial charge >= 0.3 is 5.97 Å². The number of benzene rings is 1. The standard InChI is InChI=1S/C13H14N2O4S/c16-13(17)9-3-4-12-11(6-9)14-8-15(12)7-10-2-1-5-20(10,18)19/h3-4,6,8,10H,1-2,5,7H2,(H,16,17). The Bertz CT molecular complexity index is 779. The number of imidazole rings is 1. The molecule has 7 heteroatoms. The minimum Gasteiger partial charge on any atom is -0.478 e. The number of nitrogens with zero attached hydrogens (tertiary/aromatic N) is 2. The predicted molar refractivity (Wildman–Crippen MR) is 73.5 cm³/mol. The maximum atomic E-state index is 11.9. The average Bonchev–Trinajstić information content (AvgIpc) is 2.94. The SMILES string of the molecule is O=C(O)c1ccc2c(c1)ncn2CC1CCCS1(=O)=O. The normalized spacial score (nSPS) is 21.3. The van der Waals surface area contributed by atoms with Crippen LogP contribution >= 0.6 is 0 Å². The summed E-state index contributed by atoms with van der Waals surface area (Å²) in [5, 5.41) is 8.57. The Morgan fingerprint density at radius 1 is 1.45 bits per heavy atom. The predicted octanol–water partition coefficient (Wildman–Crippen LogP) is 1.31. The fraction of sp³-hybridized carbons (Fsp3) is 0.385. The van der Waals surface area contributed by atoms with Crippen LogP contribution in [0.1, 0.15) is 23.2 Å². The van der Waals surface area contributed by atoms with E-state index < -0.39 is 15.8 Å². The first-order chi connectivity index (χ1) is 9.47. The van der Waals surface area contributed by atoms with Crippen LogP contribution in [0.5, 0.6) is 0 Å². The first-order valence-electron chi connectivity index (χ1n) is 6.37. The van der Waals surface area contributed by atoms with Crippen molar-refractivity contribution in [3.8, 4) is 0 Å². The molecule has 2 heterocycles. The van der Waals surface area contributed by atoms with Crippen LogP contribution < -0.4 is 0 Å². The van der Waals surface area contributed by atoms with E-state index in [2.05, 4.69) is 4.98 Å². The van der Waals surface area contributed by atoms with Crippen LogP contribution in [0.2, 0.25) is 0 Å². The molecule has 0 bridgehead atoms. The summed E-state index contributed by atoms with van der Waals surface area (Å²) in [6.45, 7) is 0.380. The lowest BCUT2D eigenvalue weighted by Gasteiger charge is -2.10. The summed E-state index contributed by atoms with van der Waals surface area (Å²) < 4.78 is 25.5. The van der Waals surface area contributed by atoms with Gasteiger partial charge in [0.1, 0.15) is 0 Å². The van der Waals surface area contributed by atoms with Crippen molar-refractivity contribution in [3.05, 3.63) is 30.1 Å². The molecule has 0 radical (unpaired) electrons. The zero-order valence-corrected chi connectivity index (χ0v) is 11.5. The van der Waals surface area contributed by atoms with Crippen LogP contribution in [0.15, 0.2) is 24.5 Å². The van der Waals surface area contributed by atoms with Gasteiger partial charge < -0.3 is 9.67 Å². The summed E-state index contributed by atoms with van der Waals surface area (Å²) >= 11 is 0.